The number of aryl methyl sites for hydroxylation is 1. The van der Waals surface area contributed by atoms with Gasteiger partial charge in [-0.25, -0.2) is 0 Å². The van der Waals surface area contributed by atoms with Crippen molar-refractivity contribution in [1.82, 2.24) is 9.78 Å². The van der Waals surface area contributed by atoms with Crippen LogP contribution in [-0.4, -0.2) is 26.8 Å². The van der Waals surface area contributed by atoms with E-state index in [1.54, 1.807) is 0 Å². The Morgan fingerprint density at radius 2 is 1.73 bits per heavy atom. The monoisotopic (exact) mass is 445 g/mol. The molecule has 0 fully saturated rings. The number of hydrogen-bond acceptors (Lipinski definition) is 4. The molecule has 2 N–H and O–H groups in total. The lowest BCUT2D eigenvalue weighted by molar-refractivity contribution is -0.146. The molecule has 2 aromatic carbocycles. The van der Waals surface area contributed by atoms with Crippen molar-refractivity contribution >= 4 is 17.6 Å². The molecule has 0 radical (unpaired) electrons. The van der Waals surface area contributed by atoms with Gasteiger partial charge in [-0.15, -0.1) is 0 Å². The summed E-state index contributed by atoms with van der Waals surface area (Å²) in [4.78, 5) is 24.5. The van der Waals surface area contributed by atoms with E-state index < -0.39 is 17.8 Å². The molecule has 0 aliphatic heterocycles. The second kappa shape index (κ2) is 9.73. The van der Waals surface area contributed by atoms with Crippen LogP contribution in [0.3, 0.4) is 0 Å². The lowest BCUT2D eigenvalue weighted by Gasteiger charge is -2.24. The molecule has 7 nitrogen and oxygen atoms in total. The second-order valence-corrected chi connectivity index (χ2v) is 8.25. The van der Waals surface area contributed by atoms with Crippen molar-refractivity contribution in [1.29, 1.82) is 0 Å². The highest BCUT2D eigenvalue weighted by Crippen LogP contribution is 2.29. The molecule has 3 aromatic rings. The van der Waals surface area contributed by atoms with Gasteiger partial charge in [0.1, 0.15) is 11.5 Å². The van der Waals surface area contributed by atoms with Gasteiger partial charge in [-0.05, 0) is 56.5 Å². The lowest BCUT2D eigenvalue weighted by atomic mass is 9.82. The van der Waals surface area contributed by atoms with E-state index in [0.717, 1.165) is 22.8 Å². The van der Waals surface area contributed by atoms with Crippen molar-refractivity contribution in [2.24, 2.45) is 11.8 Å². The number of hydrogen-bond donors (Lipinski definition) is 2. The first-order valence-electron chi connectivity index (χ1n) is 11.0. The summed E-state index contributed by atoms with van der Waals surface area (Å²) in [6.45, 7) is 4.25. The van der Waals surface area contributed by atoms with E-state index in [1.807, 2.05) is 85.3 Å². The van der Waals surface area contributed by atoms with Crippen LogP contribution in [0.2, 0.25) is 0 Å². The van der Waals surface area contributed by atoms with Crippen LogP contribution in [0.1, 0.15) is 29.8 Å². The molecule has 0 saturated heterocycles. The number of para-hydroxylation sites is 1. The standard InChI is InChI=1S/C26H27N3O4/c1-17-24(27-25(30)22-13-6-7-14-23(22)26(31)32)18(2)29(28-17)16-19-9-8-12-21(15-19)33-20-10-4-3-5-11-20/h3-12,15,22-23H,13-14,16H2,1-2H3,(H,27,30)(H,31,32). The summed E-state index contributed by atoms with van der Waals surface area (Å²) in [5, 5.41) is 17.0. The highest BCUT2D eigenvalue weighted by molar-refractivity contribution is 5.96. The topological polar surface area (TPSA) is 93.5 Å². The fraction of sp³-hybridized carbons (Fsp3) is 0.269. The Hall–Kier alpha value is -3.87. The van der Waals surface area contributed by atoms with Crippen molar-refractivity contribution in [2.45, 2.75) is 33.2 Å². The lowest BCUT2D eigenvalue weighted by Crippen LogP contribution is -2.35. The third-order valence-electron chi connectivity index (χ3n) is 5.93. The van der Waals surface area contributed by atoms with Crippen LogP contribution in [0.25, 0.3) is 0 Å². The Morgan fingerprint density at radius 1 is 1.03 bits per heavy atom. The number of carbonyl (C=O) groups excluding carboxylic acids is 1. The Labute approximate surface area is 192 Å². The summed E-state index contributed by atoms with van der Waals surface area (Å²) in [5.41, 5.74) is 3.15. The van der Waals surface area contributed by atoms with Crippen LogP contribution >= 0.6 is 0 Å². The zero-order valence-corrected chi connectivity index (χ0v) is 18.7. The summed E-state index contributed by atoms with van der Waals surface area (Å²) >= 11 is 0. The summed E-state index contributed by atoms with van der Waals surface area (Å²) in [5.74, 6) is -1.03. The van der Waals surface area contributed by atoms with Crippen molar-refractivity contribution in [2.75, 3.05) is 5.32 Å². The summed E-state index contributed by atoms with van der Waals surface area (Å²) in [6, 6.07) is 17.4. The van der Waals surface area contributed by atoms with Gasteiger partial charge in [-0.2, -0.15) is 5.10 Å². The van der Waals surface area contributed by atoms with E-state index in [0.29, 0.717) is 30.8 Å². The number of ether oxygens (including phenoxy) is 1. The third-order valence-corrected chi connectivity index (χ3v) is 5.93. The smallest absolute Gasteiger partial charge is 0.307 e. The van der Waals surface area contributed by atoms with Gasteiger partial charge in [0.15, 0.2) is 0 Å². The number of aromatic nitrogens is 2. The van der Waals surface area contributed by atoms with Crippen molar-refractivity contribution < 1.29 is 19.4 Å². The highest BCUT2D eigenvalue weighted by Gasteiger charge is 2.34. The highest BCUT2D eigenvalue weighted by atomic mass is 16.5. The zero-order valence-electron chi connectivity index (χ0n) is 18.7. The molecule has 1 heterocycles. The Morgan fingerprint density at radius 3 is 2.45 bits per heavy atom. The largest absolute Gasteiger partial charge is 0.481 e. The first-order valence-corrected chi connectivity index (χ1v) is 11.0. The minimum Gasteiger partial charge on any atom is -0.481 e. The van der Waals surface area contributed by atoms with Crippen LogP contribution in [0, 0.1) is 25.7 Å². The van der Waals surface area contributed by atoms with Gasteiger partial charge in [-0.3, -0.25) is 14.3 Å². The van der Waals surface area contributed by atoms with Gasteiger partial charge >= 0.3 is 5.97 Å². The maximum atomic E-state index is 12.9. The van der Waals surface area contributed by atoms with Gasteiger partial charge in [0.2, 0.25) is 5.91 Å². The fourth-order valence-electron chi connectivity index (χ4n) is 4.13. The van der Waals surface area contributed by atoms with Crippen LogP contribution in [0.4, 0.5) is 5.69 Å². The van der Waals surface area contributed by atoms with Crippen LogP contribution in [0.15, 0.2) is 66.7 Å². The number of allylic oxidation sites excluding steroid dienone is 2. The summed E-state index contributed by atoms with van der Waals surface area (Å²) in [7, 11) is 0. The maximum absolute atomic E-state index is 12.9. The van der Waals surface area contributed by atoms with Gasteiger partial charge in [-0.1, -0.05) is 42.5 Å². The molecule has 1 aliphatic carbocycles. The van der Waals surface area contributed by atoms with Gasteiger partial charge < -0.3 is 15.2 Å². The molecule has 0 spiro atoms. The Balaban J connectivity index is 1.49. The zero-order chi connectivity index (χ0) is 23.4. The molecule has 1 aliphatic rings. The minimum absolute atomic E-state index is 0.282. The molecule has 0 bridgehead atoms. The molecule has 1 aromatic heterocycles. The van der Waals surface area contributed by atoms with Gasteiger partial charge in [0, 0.05) is 0 Å². The molecular weight excluding hydrogens is 418 g/mol. The molecule has 4 rings (SSSR count). The molecule has 2 atom stereocenters. The summed E-state index contributed by atoms with van der Waals surface area (Å²) in [6.07, 6.45) is 4.49. The third kappa shape index (κ3) is 5.14. The number of nitrogens with one attached hydrogen (secondary N) is 1. The first-order chi connectivity index (χ1) is 15.9. The molecule has 33 heavy (non-hydrogen) atoms. The molecule has 2 unspecified atom stereocenters. The van der Waals surface area contributed by atoms with E-state index >= 15 is 0 Å². The van der Waals surface area contributed by atoms with Crippen LogP contribution in [0.5, 0.6) is 11.5 Å². The van der Waals surface area contributed by atoms with E-state index in [1.165, 1.54) is 0 Å². The minimum atomic E-state index is -0.943. The average molecular weight is 446 g/mol. The first kappa shape index (κ1) is 22.3. The number of rotatable bonds is 7. The molecule has 7 heteroatoms. The van der Waals surface area contributed by atoms with Crippen molar-refractivity contribution in [3.05, 3.63) is 83.7 Å². The number of aliphatic carboxylic acids is 1. The Bertz CT molecular complexity index is 1180. The number of anilines is 1. The molecule has 0 saturated carbocycles. The predicted molar refractivity (Wildman–Crippen MR) is 125 cm³/mol. The number of benzene rings is 2. The van der Waals surface area contributed by atoms with Crippen molar-refractivity contribution in [3.8, 4) is 11.5 Å². The second-order valence-electron chi connectivity index (χ2n) is 8.25. The number of amides is 1. The van der Waals surface area contributed by atoms with E-state index in [-0.39, 0.29) is 5.91 Å². The maximum Gasteiger partial charge on any atom is 0.307 e. The van der Waals surface area contributed by atoms with Gasteiger partial charge in [0.05, 0.1) is 35.5 Å². The number of nitrogens with zero attached hydrogens (tertiary/aromatic N) is 2. The normalized spacial score (nSPS) is 17.5. The molecule has 1 amide bonds. The van der Waals surface area contributed by atoms with E-state index in [4.69, 9.17) is 4.74 Å². The average Bonchev–Trinajstić information content (AvgIpc) is 3.07. The molecular formula is C26H27N3O4. The predicted octanol–water partition coefficient (Wildman–Crippen LogP) is 4.95. The molecule has 170 valence electrons. The number of carbonyl (C=O) groups is 2. The van der Waals surface area contributed by atoms with E-state index in [9.17, 15) is 14.7 Å². The van der Waals surface area contributed by atoms with E-state index in [2.05, 4.69) is 10.4 Å². The van der Waals surface area contributed by atoms with Crippen molar-refractivity contribution in [3.63, 3.8) is 0 Å². The summed E-state index contributed by atoms with van der Waals surface area (Å²) < 4.78 is 7.76. The van der Waals surface area contributed by atoms with Gasteiger partial charge in [0.25, 0.3) is 0 Å². The Kier molecular flexibility index (Phi) is 6.58. The quantitative estimate of drug-likeness (QED) is 0.502. The van der Waals surface area contributed by atoms with Crippen LogP contribution in [-0.2, 0) is 16.1 Å². The SMILES string of the molecule is Cc1nn(Cc2cccc(Oc3ccccc3)c2)c(C)c1NC(=O)C1CC=CCC1C(=O)O. The number of carboxylic acids is 1. The number of carboxylic acid groups (broad SMARTS) is 1. The van der Waals surface area contributed by atoms with Crippen LogP contribution < -0.4 is 10.1 Å². The fourth-order valence-corrected chi connectivity index (χ4v) is 4.13.